The second-order valence-corrected chi connectivity index (χ2v) is 7.27. The van der Waals surface area contributed by atoms with Crippen molar-refractivity contribution >= 4 is 11.6 Å². The minimum Gasteiger partial charge on any atom is -0.508 e. The van der Waals surface area contributed by atoms with Crippen molar-refractivity contribution in [3.05, 3.63) is 70.9 Å². The molecule has 1 aliphatic heterocycles. The third kappa shape index (κ3) is 3.62. The van der Waals surface area contributed by atoms with Crippen molar-refractivity contribution < 1.29 is 5.11 Å². The normalized spacial score (nSPS) is 16.0. The van der Waals surface area contributed by atoms with Gasteiger partial charge in [-0.05, 0) is 44.1 Å². The molecule has 0 spiro atoms. The van der Waals surface area contributed by atoms with Crippen molar-refractivity contribution in [3.8, 4) is 17.0 Å². The van der Waals surface area contributed by atoms with Gasteiger partial charge in [0.25, 0.3) is 0 Å². The number of aromatic amines is 1. The van der Waals surface area contributed by atoms with Crippen LogP contribution in [0.4, 0.5) is 0 Å². The molecular formula is C21H22ClN3O. The summed E-state index contributed by atoms with van der Waals surface area (Å²) >= 11 is 6.28. The highest BCUT2D eigenvalue weighted by Crippen LogP contribution is 2.32. The average Bonchev–Trinajstić information content (AvgIpc) is 3.14. The number of nitrogens with zero attached hydrogens (tertiary/aromatic N) is 2. The average molecular weight is 368 g/mol. The number of likely N-dealkylation sites (tertiary alicyclic amines) is 1. The Balaban J connectivity index is 1.40. The zero-order chi connectivity index (χ0) is 17.9. The summed E-state index contributed by atoms with van der Waals surface area (Å²) < 4.78 is 0. The maximum Gasteiger partial charge on any atom is 0.120 e. The Kier molecular flexibility index (Phi) is 4.96. The van der Waals surface area contributed by atoms with Crippen LogP contribution in [0.25, 0.3) is 11.3 Å². The predicted molar refractivity (Wildman–Crippen MR) is 104 cm³/mol. The number of piperidine rings is 1. The molecule has 0 bridgehead atoms. The van der Waals surface area contributed by atoms with Gasteiger partial charge in [-0.3, -0.25) is 10.00 Å². The van der Waals surface area contributed by atoms with Crippen LogP contribution < -0.4 is 0 Å². The van der Waals surface area contributed by atoms with E-state index in [0.29, 0.717) is 11.7 Å². The molecule has 0 amide bonds. The minimum absolute atomic E-state index is 0.382. The van der Waals surface area contributed by atoms with Crippen LogP contribution in [0.2, 0.25) is 5.02 Å². The van der Waals surface area contributed by atoms with Gasteiger partial charge in [0.1, 0.15) is 5.75 Å². The first-order valence-electron chi connectivity index (χ1n) is 9.00. The van der Waals surface area contributed by atoms with Crippen molar-refractivity contribution in [1.82, 2.24) is 15.1 Å². The monoisotopic (exact) mass is 367 g/mol. The van der Waals surface area contributed by atoms with Crippen molar-refractivity contribution in [3.63, 3.8) is 0 Å². The first-order chi connectivity index (χ1) is 12.7. The molecule has 1 aliphatic rings. The molecule has 4 nitrogen and oxygen atoms in total. The van der Waals surface area contributed by atoms with Crippen molar-refractivity contribution in [2.45, 2.75) is 25.3 Å². The summed E-state index contributed by atoms with van der Waals surface area (Å²) in [5.74, 6) is 0.868. The van der Waals surface area contributed by atoms with E-state index in [9.17, 15) is 5.11 Å². The quantitative estimate of drug-likeness (QED) is 0.695. The first-order valence-corrected chi connectivity index (χ1v) is 9.38. The molecule has 0 radical (unpaired) electrons. The highest BCUT2D eigenvalue weighted by Gasteiger charge is 2.23. The van der Waals surface area contributed by atoms with E-state index in [-0.39, 0.29) is 0 Å². The molecule has 1 aromatic heterocycles. The molecule has 0 atom stereocenters. The Labute approximate surface area is 158 Å². The molecule has 134 valence electrons. The second-order valence-electron chi connectivity index (χ2n) is 6.87. The van der Waals surface area contributed by atoms with E-state index >= 15 is 0 Å². The van der Waals surface area contributed by atoms with E-state index in [1.807, 2.05) is 42.5 Å². The maximum atomic E-state index is 9.95. The molecular weight excluding hydrogens is 346 g/mol. The predicted octanol–water partition coefficient (Wildman–Crippen LogP) is 4.82. The van der Waals surface area contributed by atoms with Gasteiger partial charge in [-0.2, -0.15) is 5.10 Å². The van der Waals surface area contributed by atoms with Gasteiger partial charge >= 0.3 is 0 Å². The van der Waals surface area contributed by atoms with Crippen LogP contribution >= 0.6 is 11.6 Å². The van der Waals surface area contributed by atoms with Crippen LogP contribution in [0.1, 0.15) is 30.0 Å². The lowest BCUT2D eigenvalue weighted by Gasteiger charge is -2.31. The second kappa shape index (κ2) is 7.52. The third-order valence-corrected chi connectivity index (χ3v) is 5.49. The van der Waals surface area contributed by atoms with E-state index in [2.05, 4.69) is 21.2 Å². The van der Waals surface area contributed by atoms with Crippen molar-refractivity contribution in [2.24, 2.45) is 0 Å². The van der Waals surface area contributed by atoms with Crippen molar-refractivity contribution in [2.75, 3.05) is 13.1 Å². The number of hydrogen-bond acceptors (Lipinski definition) is 3. The fourth-order valence-corrected chi connectivity index (χ4v) is 3.87. The van der Waals surface area contributed by atoms with Crippen LogP contribution in [-0.2, 0) is 6.54 Å². The van der Waals surface area contributed by atoms with Gasteiger partial charge in [0.15, 0.2) is 0 Å². The SMILES string of the molecule is Oc1ccccc1CN1CCC(c2cc(-c3ccccc3Cl)n[nH]2)CC1. The Bertz CT molecular complexity index is 884. The number of aromatic hydroxyl groups is 1. The van der Waals surface area contributed by atoms with E-state index in [1.165, 1.54) is 5.69 Å². The van der Waals surface area contributed by atoms with Crippen LogP contribution in [0, 0.1) is 0 Å². The number of phenolic OH excluding ortho intramolecular Hbond substituents is 1. The largest absolute Gasteiger partial charge is 0.508 e. The van der Waals surface area contributed by atoms with Gasteiger partial charge in [0.05, 0.1) is 10.7 Å². The Hall–Kier alpha value is -2.30. The molecule has 26 heavy (non-hydrogen) atoms. The summed E-state index contributed by atoms with van der Waals surface area (Å²) in [4.78, 5) is 2.40. The number of benzene rings is 2. The van der Waals surface area contributed by atoms with Gasteiger partial charge in [-0.1, -0.05) is 48.0 Å². The van der Waals surface area contributed by atoms with E-state index < -0.39 is 0 Å². The Morgan fingerprint density at radius 3 is 2.58 bits per heavy atom. The lowest BCUT2D eigenvalue weighted by atomic mass is 9.93. The minimum atomic E-state index is 0.382. The number of phenols is 1. The van der Waals surface area contributed by atoms with Crippen LogP contribution in [0.5, 0.6) is 5.75 Å². The number of para-hydroxylation sites is 1. The molecule has 0 aliphatic carbocycles. The molecule has 2 N–H and O–H groups in total. The lowest BCUT2D eigenvalue weighted by Crippen LogP contribution is -2.32. The molecule has 0 saturated carbocycles. The summed E-state index contributed by atoms with van der Waals surface area (Å²) in [6.07, 6.45) is 2.16. The molecule has 2 heterocycles. The standard InChI is InChI=1S/C21H22ClN3O/c22-18-7-3-2-6-17(18)20-13-19(23-24-20)15-9-11-25(12-10-15)14-16-5-1-4-8-21(16)26/h1-8,13,15,26H,9-12,14H2,(H,23,24). The molecule has 3 aromatic rings. The number of rotatable bonds is 4. The lowest BCUT2D eigenvalue weighted by molar-refractivity contribution is 0.201. The molecule has 5 heteroatoms. The number of H-pyrrole nitrogens is 1. The third-order valence-electron chi connectivity index (χ3n) is 5.16. The van der Waals surface area contributed by atoms with Gasteiger partial charge in [0.2, 0.25) is 0 Å². The van der Waals surface area contributed by atoms with E-state index in [1.54, 1.807) is 6.07 Å². The zero-order valence-electron chi connectivity index (χ0n) is 14.5. The van der Waals surface area contributed by atoms with E-state index in [4.69, 9.17) is 11.6 Å². The smallest absolute Gasteiger partial charge is 0.120 e. The molecule has 1 fully saturated rings. The van der Waals surface area contributed by atoms with Crippen LogP contribution in [0.15, 0.2) is 54.6 Å². The maximum absolute atomic E-state index is 9.95. The van der Waals surface area contributed by atoms with Crippen LogP contribution in [-0.4, -0.2) is 33.3 Å². The van der Waals surface area contributed by atoms with Gasteiger partial charge in [-0.25, -0.2) is 0 Å². The summed E-state index contributed by atoms with van der Waals surface area (Å²) in [6, 6.07) is 17.5. The summed E-state index contributed by atoms with van der Waals surface area (Å²) in [7, 11) is 0. The summed E-state index contributed by atoms with van der Waals surface area (Å²) in [6.45, 7) is 2.83. The van der Waals surface area contributed by atoms with E-state index in [0.717, 1.165) is 54.3 Å². The summed E-state index contributed by atoms with van der Waals surface area (Å²) in [5, 5.41) is 18.4. The van der Waals surface area contributed by atoms with Gasteiger partial charge in [0, 0.05) is 29.3 Å². The Morgan fingerprint density at radius 1 is 1.08 bits per heavy atom. The van der Waals surface area contributed by atoms with Crippen molar-refractivity contribution in [1.29, 1.82) is 0 Å². The number of halogens is 1. The topological polar surface area (TPSA) is 52.1 Å². The zero-order valence-corrected chi connectivity index (χ0v) is 15.3. The summed E-state index contributed by atoms with van der Waals surface area (Å²) in [5.41, 5.74) is 4.05. The molecule has 0 unspecified atom stereocenters. The molecule has 4 rings (SSSR count). The molecule has 2 aromatic carbocycles. The van der Waals surface area contributed by atoms with Crippen LogP contribution in [0.3, 0.4) is 0 Å². The molecule has 1 saturated heterocycles. The number of hydrogen-bond donors (Lipinski definition) is 2. The fraction of sp³-hybridized carbons (Fsp3) is 0.286. The number of aromatic nitrogens is 2. The number of nitrogens with one attached hydrogen (secondary N) is 1. The fourth-order valence-electron chi connectivity index (χ4n) is 3.64. The highest BCUT2D eigenvalue weighted by atomic mass is 35.5. The van der Waals surface area contributed by atoms with Gasteiger partial charge < -0.3 is 5.11 Å². The van der Waals surface area contributed by atoms with Gasteiger partial charge in [-0.15, -0.1) is 0 Å². The highest BCUT2D eigenvalue weighted by molar-refractivity contribution is 6.33. The Morgan fingerprint density at radius 2 is 1.81 bits per heavy atom. The first kappa shape index (κ1) is 17.1.